The first kappa shape index (κ1) is 37.4. The number of nitrogens with two attached hydrogens (primary N) is 1. The summed E-state index contributed by atoms with van der Waals surface area (Å²) in [5, 5.41) is 26.2. The summed E-state index contributed by atoms with van der Waals surface area (Å²) in [5.41, 5.74) is 3.74. The number of anilines is 1. The summed E-state index contributed by atoms with van der Waals surface area (Å²) in [4.78, 5) is 41.2. The molecule has 18 heteroatoms. The zero-order chi connectivity index (χ0) is 36.0. The Labute approximate surface area is 281 Å². The van der Waals surface area contributed by atoms with Crippen molar-refractivity contribution in [2.45, 2.75) is 65.0 Å². The predicted molar refractivity (Wildman–Crippen MR) is 168 cm³/mol. The molecule has 1 aliphatic heterocycles. The monoisotopic (exact) mass is 703 g/mol. The number of aliphatic hydroxyl groups excluding tert-OH is 1. The second kappa shape index (κ2) is 15.4. The lowest BCUT2D eigenvalue weighted by Gasteiger charge is -2.24. The topological polar surface area (TPSA) is 233 Å². The van der Waals surface area contributed by atoms with Gasteiger partial charge >= 0.3 is 25.7 Å². The van der Waals surface area contributed by atoms with Gasteiger partial charge in [0.15, 0.2) is 11.9 Å². The number of ether oxygens (including phenoxy) is 4. The highest BCUT2D eigenvalue weighted by molar-refractivity contribution is 7.48. The van der Waals surface area contributed by atoms with Crippen molar-refractivity contribution in [2.75, 3.05) is 25.9 Å². The predicted octanol–water partition coefficient (Wildman–Crippen LogP) is 2.81. The van der Waals surface area contributed by atoms with Crippen LogP contribution in [0.4, 0.5) is 5.82 Å². The fraction of sp³-hybridized carbons (Fsp3) is 0.484. The van der Waals surface area contributed by atoms with Crippen molar-refractivity contribution in [1.29, 1.82) is 5.26 Å². The Morgan fingerprint density at radius 3 is 2.41 bits per heavy atom. The van der Waals surface area contributed by atoms with Gasteiger partial charge in [0.05, 0.1) is 30.1 Å². The van der Waals surface area contributed by atoms with Crippen LogP contribution >= 0.6 is 7.82 Å². The van der Waals surface area contributed by atoms with Crippen LogP contribution in [0, 0.1) is 22.7 Å². The van der Waals surface area contributed by atoms with Crippen molar-refractivity contribution in [3.05, 3.63) is 60.0 Å². The molecule has 17 nitrogen and oxygen atoms in total. The molecule has 0 amide bonds. The number of carbonyl (C=O) groups excluding carboxylic acids is 3. The molecule has 1 aromatic carbocycles. The molecule has 1 fully saturated rings. The second-order valence-corrected chi connectivity index (χ2v) is 13.9. The summed E-state index contributed by atoms with van der Waals surface area (Å²) >= 11 is 0. The lowest BCUT2D eigenvalue weighted by Crippen LogP contribution is -2.43. The first-order chi connectivity index (χ1) is 23.1. The van der Waals surface area contributed by atoms with Crippen molar-refractivity contribution in [2.24, 2.45) is 11.3 Å². The van der Waals surface area contributed by atoms with Crippen LogP contribution in [-0.2, 0) is 63.5 Å². The number of nitriles is 1. The fourth-order valence-corrected chi connectivity index (χ4v) is 5.50. The second-order valence-electron chi connectivity index (χ2n) is 12.3. The molecule has 3 aromatic rings. The van der Waals surface area contributed by atoms with E-state index in [4.69, 9.17) is 38.3 Å². The molecule has 0 saturated carbocycles. The van der Waals surface area contributed by atoms with Crippen molar-refractivity contribution in [3.8, 4) is 6.07 Å². The molecular weight excluding hydrogens is 665 g/mol. The van der Waals surface area contributed by atoms with E-state index in [1.54, 1.807) is 65.0 Å². The van der Waals surface area contributed by atoms with Gasteiger partial charge in [0.25, 0.3) is 0 Å². The highest BCUT2D eigenvalue weighted by Crippen LogP contribution is 2.51. The van der Waals surface area contributed by atoms with E-state index in [9.17, 15) is 29.3 Å². The first-order valence-corrected chi connectivity index (χ1v) is 16.5. The van der Waals surface area contributed by atoms with Crippen LogP contribution in [0.25, 0.3) is 5.52 Å². The van der Waals surface area contributed by atoms with Crippen molar-refractivity contribution < 1.29 is 56.6 Å². The van der Waals surface area contributed by atoms with E-state index in [0.29, 0.717) is 11.1 Å². The average molecular weight is 704 g/mol. The molecule has 2 aromatic heterocycles. The van der Waals surface area contributed by atoms with Gasteiger partial charge in [-0.2, -0.15) is 10.4 Å². The molecule has 0 radical (unpaired) electrons. The summed E-state index contributed by atoms with van der Waals surface area (Å²) < 4.78 is 52.5. The van der Waals surface area contributed by atoms with Crippen molar-refractivity contribution >= 4 is 37.1 Å². The number of carbonyl (C=O) groups is 3. The number of hydrogen-bond donors (Lipinski definition) is 2. The average Bonchev–Trinajstić information content (AvgIpc) is 3.60. The molecule has 3 heterocycles. The van der Waals surface area contributed by atoms with Crippen LogP contribution in [0.2, 0.25) is 0 Å². The maximum Gasteiger partial charge on any atom is 0.480 e. The summed E-state index contributed by atoms with van der Waals surface area (Å²) in [6.07, 6.45) is -3.96. The molecule has 3 N–H and O–H groups in total. The van der Waals surface area contributed by atoms with E-state index in [1.807, 2.05) is 6.07 Å². The number of phosphoric ester groups is 1. The third kappa shape index (κ3) is 8.79. The highest BCUT2D eigenvalue weighted by Gasteiger charge is 2.60. The van der Waals surface area contributed by atoms with E-state index in [2.05, 4.69) is 10.1 Å². The van der Waals surface area contributed by atoms with Gasteiger partial charge in [-0.25, -0.2) is 23.1 Å². The molecular formula is C31H38N5O12P. The lowest BCUT2D eigenvalue weighted by molar-refractivity contribution is -0.162. The number of aliphatic hydroxyl groups is 1. The number of benzene rings is 1. The SMILES string of the molecule is CC(C)C(=O)OCOP(=O)(OCOC(=O)C(C)(C)C)OC[C@H]1O[C@@](C#N)(c2ccc3c(N)ncnn23)[C@H](O)[C@@H]1OC(=O)Cc1ccccc1. The molecule has 4 rings (SSSR count). The molecule has 1 aliphatic rings. The molecule has 1 unspecified atom stereocenters. The summed E-state index contributed by atoms with van der Waals surface area (Å²) in [6, 6.07) is 13.5. The third-order valence-electron chi connectivity index (χ3n) is 7.21. The molecule has 0 bridgehead atoms. The van der Waals surface area contributed by atoms with Gasteiger partial charge < -0.3 is 29.8 Å². The van der Waals surface area contributed by atoms with Crippen LogP contribution in [0.1, 0.15) is 45.9 Å². The Bertz CT molecular complexity index is 1740. The summed E-state index contributed by atoms with van der Waals surface area (Å²) in [5.74, 6) is -2.62. The maximum atomic E-state index is 13.7. The number of esters is 3. The Balaban J connectivity index is 1.62. The first-order valence-electron chi connectivity index (χ1n) is 15.1. The summed E-state index contributed by atoms with van der Waals surface area (Å²) in [6.45, 7) is 5.38. The number of hydrogen-bond acceptors (Lipinski definition) is 16. The Hall–Kier alpha value is -4.43. The van der Waals surface area contributed by atoms with Crippen LogP contribution in [0.3, 0.4) is 0 Å². The lowest BCUT2D eigenvalue weighted by atomic mass is 9.92. The van der Waals surface area contributed by atoms with E-state index < -0.39 is 81.2 Å². The summed E-state index contributed by atoms with van der Waals surface area (Å²) in [7, 11) is -4.74. The fourth-order valence-electron chi connectivity index (χ4n) is 4.58. The van der Waals surface area contributed by atoms with E-state index in [0.717, 1.165) is 6.33 Å². The van der Waals surface area contributed by atoms with Crippen LogP contribution in [-0.4, -0.2) is 76.1 Å². The zero-order valence-corrected chi connectivity index (χ0v) is 28.4. The van der Waals surface area contributed by atoms with Crippen molar-refractivity contribution in [1.82, 2.24) is 14.6 Å². The van der Waals surface area contributed by atoms with E-state index >= 15 is 0 Å². The minimum absolute atomic E-state index is 0.0172. The largest absolute Gasteiger partial charge is 0.480 e. The molecule has 0 aliphatic carbocycles. The molecule has 264 valence electrons. The number of nitrogens with zero attached hydrogens (tertiary/aromatic N) is 4. The molecule has 49 heavy (non-hydrogen) atoms. The standard InChI is InChI=1S/C31H38N5O12P/c1-19(2)28(39)42-17-45-49(41,46-18-43-29(40)30(3,4)5)44-14-22-25(47-24(37)13-20-9-7-6-8-10-20)26(38)31(15-32,48-22)23-12-11-21-27(33)34-16-35-36(21)23/h6-12,16,19,22,25-26,38H,13-14,17-18H2,1-5H3,(H2,33,34,35)/t22-,25-,26-,31+,49?/m1/s1. The van der Waals surface area contributed by atoms with Crippen LogP contribution in [0.15, 0.2) is 48.8 Å². The quantitative estimate of drug-likeness (QED) is 0.106. The highest BCUT2D eigenvalue weighted by atomic mass is 31.2. The minimum atomic E-state index is -4.74. The Kier molecular flexibility index (Phi) is 11.8. The molecule has 1 saturated heterocycles. The van der Waals surface area contributed by atoms with Gasteiger partial charge in [-0.15, -0.1) is 0 Å². The number of nitrogen functional groups attached to an aromatic ring is 1. The van der Waals surface area contributed by atoms with Gasteiger partial charge in [0.1, 0.15) is 30.1 Å². The molecule has 5 atom stereocenters. The zero-order valence-electron chi connectivity index (χ0n) is 27.5. The Morgan fingerprint density at radius 2 is 1.78 bits per heavy atom. The Morgan fingerprint density at radius 1 is 1.10 bits per heavy atom. The van der Waals surface area contributed by atoms with Gasteiger partial charge in [0.2, 0.25) is 19.2 Å². The smallest absolute Gasteiger partial charge is 0.456 e. The van der Waals surface area contributed by atoms with E-state index in [-0.39, 0.29) is 17.9 Å². The number of rotatable bonds is 14. The molecule has 0 spiro atoms. The van der Waals surface area contributed by atoms with Gasteiger partial charge in [-0.1, -0.05) is 44.2 Å². The van der Waals surface area contributed by atoms with Gasteiger partial charge in [-0.05, 0) is 38.5 Å². The van der Waals surface area contributed by atoms with Gasteiger partial charge in [0, 0.05) is 0 Å². The van der Waals surface area contributed by atoms with Crippen molar-refractivity contribution in [3.63, 3.8) is 0 Å². The normalized spacial score (nSPS) is 22.0. The van der Waals surface area contributed by atoms with Crippen LogP contribution in [0.5, 0.6) is 0 Å². The van der Waals surface area contributed by atoms with Gasteiger partial charge in [-0.3, -0.25) is 18.9 Å². The number of aromatic nitrogens is 3. The minimum Gasteiger partial charge on any atom is -0.456 e. The maximum absolute atomic E-state index is 13.7. The van der Waals surface area contributed by atoms with Crippen LogP contribution < -0.4 is 5.73 Å². The van der Waals surface area contributed by atoms with E-state index in [1.165, 1.54) is 16.6 Å². The third-order valence-corrected chi connectivity index (χ3v) is 8.52. The number of fused-ring (bicyclic) bond motifs is 1. The number of phosphoric acid groups is 1.